The number of nitrogens with two attached hydrogens (primary N) is 1. The van der Waals surface area contributed by atoms with Crippen molar-refractivity contribution in [3.63, 3.8) is 0 Å². The number of hydrogen-bond donors (Lipinski definition) is 2. The van der Waals surface area contributed by atoms with Gasteiger partial charge in [-0.15, -0.1) is 12.4 Å². The molecule has 2 aromatic carbocycles. The van der Waals surface area contributed by atoms with Crippen LogP contribution < -0.4 is 15.4 Å². The zero-order chi connectivity index (χ0) is 20.1. The van der Waals surface area contributed by atoms with Gasteiger partial charge in [0.15, 0.2) is 0 Å². The summed E-state index contributed by atoms with van der Waals surface area (Å²) in [7, 11) is -3.67. The number of sulfonamides is 1. The molecule has 0 aromatic heterocycles. The molecule has 0 fully saturated rings. The monoisotopic (exact) mass is 435 g/mol. The zero-order valence-electron chi connectivity index (χ0n) is 16.5. The topological polar surface area (TPSA) is 92.5 Å². The highest BCUT2D eigenvalue weighted by atomic mass is 35.5. The van der Waals surface area contributed by atoms with Gasteiger partial charge in [0, 0.05) is 30.4 Å². The number of nitrogens with one attached hydrogen (secondary N) is 1. The molecular weight excluding hydrogens is 410 g/mol. The molecule has 2 atom stereocenters. The summed E-state index contributed by atoms with van der Waals surface area (Å²) in [4.78, 5) is 13.9. The predicted molar refractivity (Wildman–Crippen MR) is 117 cm³/mol. The first-order valence-corrected chi connectivity index (χ1v) is 11.1. The number of nitrogens with zero attached hydrogens (tertiary/aromatic N) is 1. The third kappa shape index (κ3) is 3.99. The highest BCUT2D eigenvalue weighted by molar-refractivity contribution is 7.89. The largest absolute Gasteiger partial charge is 0.399 e. The van der Waals surface area contributed by atoms with E-state index in [1.807, 2.05) is 25.1 Å². The van der Waals surface area contributed by atoms with E-state index in [-0.39, 0.29) is 35.3 Å². The number of rotatable bonds is 3. The molecule has 0 radical (unpaired) electrons. The summed E-state index contributed by atoms with van der Waals surface area (Å²) in [6, 6.07) is 10.5. The van der Waals surface area contributed by atoms with Crippen LogP contribution in [0.2, 0.25) is 0 Å². The lowest BCUT2D eigenvalue weighted by Crippen LogP contribution is -2.33. The summed E-state index contributed by atoms with van der Waals surface area (Å²) >= 11 is 0. The maximum Gasteiger partial charge on any atom is 0.241 e. The number of hydrogen-bond acceptors (Lipinski definition) is 4. The molecule has 4 rings (SSSR count). The van der Waals surface area contributed by atoms with E-state index in [1.54, 1.807) is 23.1 Å². The van der Waals surface area contributed by atoms with Crippen molar-refractivity contribution in [1.29, 1.82) is 0 Å². The Hall–Kier alpha value is -2.09. The van der Waals surface area contributed by atoms with E-state index >= 15 is 0 Å². The van der Waals surface area contributed by atoms with Gasteiger partial charge in [-0.05, 0) is 79.6 Å². The van der Waals surface area contributed by atoms with Crippen LogP contribution in [0.5, 0.6) is 0 Å². The van der Waals surface area contributed by atoms with Crippen molar-refractivity contribution in [3.05, 3.63) is 53.1 Å². The van der Waals surface area contributed by atoms with Gasteiger partial charge in [0.05, 0.1) is 4.90 Å². The summed E-state index contributed by atoms with van der Waals surface area (Å²) in [5, 5.41) is 0. The predicted octanol–water partition coefficient (Wildman–Crippen LogP) is 3.34. The normalized spacial score (nSPS) is 20.6. The number of amides is 1. The van der Waals surface area contributed by atoms with Crippen molar-refractivity contribution < 1.29 is 13.2 Å². The smallest absolute Gasteiger partial charge is 0.241 e. The second-order valence-electron chi connectivity index (χ2n) is 7.76. The Morgan fingerprint density at radius 3 is 2.66 bits per heavy atom. The number of anilines is 2. The summed E-state index contributed by atoms with van der Waals surface area (Å²) < 4.78 is 29.0. The van der Waals surface area contributed by atoms with Gasteiger partial charge >= 0.3 is 0 Å². The van der Waals surface area contributed by atoms with E-state index in [4.69, 9.17) is 5.73 Å². The van der Waals surface area contributed by atoms with Crippen molar-refractivity contribution in [2.24, 2.45) is 0 Å². The fourth-order valence-electron chi connectivity index (χ4n) is 4.47. The van der Waals surface area contributed by atoms with Crippen LogP contribution in [-0.2, 0) is 27.7 Å². The number of nitrogen functional groups attached to an aromatic ring is 1. The molecule has 8 heteroatoms. The van der Waals surface area contributed by atoms with Gasteiger partial charge in [-0.25, -0.2) is 13.1 Å². The minimum atomic E-state index is -3.67. The van der Waals surface area contributed by atoms with E-state index in [0.29, 0.717) is 12.1 Å². The molecule has 156 valence electrons. The summed E-state index contributed by atoms with van der Waals surface area (Å²) in [6.45, 7) is 3.50. The molecule has 6 nitrogen and oxygen atoms in total. The molecule has 3 N–H and O–H groups in total. The van der Waals surface area contributed by atoms with Gasteiger partial charge < -0.3 is 10.6 Å². The first-order valence-electron chi connectivity index (χ1n) is 9.59. The fourth-order valence-corrected chi connectivity index (χ4v) is 5.77. The van der Waals surface area contributed by atoms with E-state index < -0.39 is 10.0 Å². The van der Waals surface area contributed by atoms with Crippen molar-refractivity contribution in [3.8, 4) is 0 Å². The average molecular weight is 436 g/mol. The summed E-state index contributed by atoms with van der Waals surface area (Å²) in [5.41, 5.74) is 10.4. The molecule has 0 saturated carbocycles. The third-order valence-corrected chi connectivity index (χ3v) is 7.16. The highest BCUT2D eigenvalue weighted by Gasteiger charge is 2.31. The minimum absolute atomic E-state index is 0. The van der Waals surface area contributed by atoms with Crippen molar-refractivity contribution in [2.45, 2.75) is 56.5 Å². The van der Waals surface area contributed by atoms with Crippen LogP contribution >= 0.6 is 12.4 Å². The fraction of sp³-hybridized carbons (Fsp3) is 0.381. The average Bonchev–Trinajstić information content (AvgIpc) is 2.96. The number of carbonyl (C=O) groups is 1. The quantitative estimate of drug-likeness (QED) is 0.723. The van der Waals surface area contributed by atoms with Crippen LogP contribution in [0.1, 0.15) is 49.4 Å². The lowest BCUT2D eigenvalue weighted by atomic mass is 9.88. The molecule has 0 spiro atoms. The highest BCUT2D eigenvalue weighted by Crippen LogP contribution is 2.35. The van der Waals surface area contributed by atoms with Gasteiger partial charge in [-0.3, -0.25) is 4.79 Å². The summed E-state index contributed by atoms with van der Waals surface area (Å²) in [5.74, 6) is -0.0296. The van der Waals surface area contributed by atoms with Gasteiger partial charge in [-0.1, -0.05) is 6.07 Å². The Morgan fingerprint density at radius 1 is 1.17 bits per heavy atom. The van der Waals surface area contributed by atoms with Crippen LogP contribution in [0.4, 0.5) is 11.4 Å². The lowest BCUT2D eigenvalue weighted by molar-refractivity contribution is -0.116. The molecule has 2 unspecified atom stereocenters. The number of fused-ring (bicyclic) bond motifs is 2. The van der Waals surface area contributed by atoms with E-state index in [9.17, 15) is 13.2 Å². The third-order valence-electron chi connectivity index (χ3n) is 5.69. The summed E-state index contributed by atoms with van der Waals surface area (Å²) in [6.07, 6.45) is 3.25. The molecule has 2 aliphatic rings. The Kier molecular flexibility index (Phi) is 5.94. The Bertz CT molecular complexity index is 1060. The van der Waals surface area contributed by atoms with E-state index in [0.717, 1.165) is 41.6 Å². The van der Waals surface area contributed by atoms with E-state index in [2.05, 4.69) is 4.72 Å². The Labute approximate surface area is 177 Å². The molecule has 1 aliphatic heterocycles. The van der Waals surface area contributed by atoms with Crippen molar-refractivity contribution in [1.82, 2.24) is 4.72 Å². The molecule has 0 bridgehead atoms. The molecular formula is C21H26ClN3O3S. The second-order valence-corrected chi connectivity index (χ2v) is 9.47. The maximum atomic E-state index is 13.1. The van der Waals surface area contributed by atoms with Crippen molar-refractivity contribution >= 4 is 39.7 Å². The van der Waals surface area contributed by atoms with Gasteiger partial charge in [0.2, 0.25) is 15.9 Å². The van der Waals surface area contributed by atoms with Crippen LogP contribution in [0.3, 0.4) is 0 Å². The molecule has 29 heavy (non-hydrogen) atoms. The molecule has 1 amide bonds. The van der Waals surface area contributed by atoms with Crippen molar-refractivity contribution in [2.75, 3.05) is 10.6 Å². The standard InChI is InChI=1S/C21H25N3O3S.ClH/c1-13-10-16-12-18(7-9-21(16)24(13)14(2)25)28(26,27)23-20-5-3-4-15-11-17(22)6-8-19(15)20;/h6-9,11-13,20,23H,3-5,10,22H2,1-2H3;1H. The van der Waals surface area contributed by atoms with E-state index in [1.165, 1.54) is 6.92 Å². The molecule has 1 heterocycles. The van der Waals surface area contributed by atoms with Crippen LogP contribution in [0.25, 0.3) is 0 Å². The molecule has 2 aromatic rings. The number of benzene rings is 2. The maximum absolute atomic E-state index is 13.1. The first-order chi connectivity index (χ1) is 13.3. The number of halogens is 1. The number of aryl methyl sites for hydroxylation is 1. The van der Waals surface area contributed by atoms with Gasteiger partial charge in [0.1, 0.15) is 0 Å². The Morgan fingerprint density at radius 2 is 1.93 bits per heavy atom. The lowest BCUT2D eigenvalue weighted by Gasteiger charge is -2.26. The minimum Gasteiger partial charge on any atom is -0.399 e. The second kappa shape index (κ2) is 7.97. The van der Waals surface area contributed by atoms with Gasteiger partial charge in [-0.2, -0.15) is 0 Å². The van der Waals surface area contributed by atoms with Crippen LogP contribution in [0.15, 0.2) is 41.3 Å². The van der Waals surface area contributed by atoms with Gasteiger partial charge in [0.25, 0.3) is 0 Å². The zero-order valence-corrected chi connectivity index (χ0v) is 18.1. The number of carbonyl (C=O) groups excluding carboxylic acids is 1. The van der Waals surface area contributed by atoms with Crippen LogP contribution in [0, 0.1) is 0 Å². The van der Waals surface area contributed by atoms with Crippen LogP contribution in [-0.4, -0.2) is 20.4 Å². The first kappa shape index (κ1) is 21.6. The molecule has 1 aliphatic carbocycles. The molecule has 0 saturated heterocycles. The Balaban J connectivity index is 0.00000240. The SMILES string of the molecule is CC(=O)N1c2ccc(S(=O)(=O)NC3CCCc4cc(N)ccc43)cc2CC1C.Cl.